The van der Waals surface area contributed by atoms with E-state index in [4.69, 9.17) is 4.74 Å². The number of hydrogen-bond donors (Lipinski definition) is 0. The van der Waals surface area contributed by atoms with E-state index in [1.807, 2.05) is 42.6 Å². The zero-order valence-electron chi connectivity index (χ0n) is 14.4. The highest BCUT2D eigenvalue weighted by Crippen LogP contribution is 2.20. The van der Waals surface area contributed by atoms with Crippen LogP contribution in [-0.2, 0) is 6.61 Å². The normalized spacial score (nSPS) is 11.0. The van der Waals surface area contributed by atoms with E-state index >= 15 is 0 Å². The molecule has 0 atom stereocenters. The van der Waals surface area contributed by atoms with Crippen molar-refractivity contribution in [3.8, 4) is 5.75 Å². The minimum atomic E-state index is 0.559. The van der Waals surface area contributed by atoms with Gasteiger partial charge in [0.2, 0.25) is 0 Å². The summed E-state index contributed by atoms with van der Waals surface area (Å²) in [5.74, 6) is 0.853. The third-order valence-corrected chi connectivity index (χ3v) is 4.43. The lowest BCUT2D eigenvalue weighted by Crippen LogP contribution is -1.95. The Hall–Kier alpha value is -2.39. The van der Waals surface area contributed by atoms with Crippen molar-refractivity contribution in [2.75, 3.05) is 0 Å². The van der Waals surface area contributed by atoms with Gasteiger partial charge in [-0.3, -0.25) is 4.99 Å². The van der Waals surface area contributed by atoms with Crippen LogP contribution in [-0.4, -0.2) is 6.21 Å². The maximum atomic E-state index is 5.82. The molecule has 0 aliphatic rings. The number of ether oxygens (including phenoxy) is 1. The van der Waals surface area contributed by atoms with Gasteiger partial charge in [0, 0.05) is 10.7 Å². The van der Waals surface area contributed by atoms with Crippen molar-refractivity contribution in [3.63, 3.8) is 0 Å². The number of benzene rings is 3. The first-order valence-electron chi connectivity index (χ1n) is 8.19. The van der Waals surface area contributed by atoms with E-state index in [9.17, 15) is 0 Å². The van der Waals surface area contributed by atoms with Crippen LogP contribution >= 0.6 is 15.9 Å². The molecule has 0 N–H and O–H groups in total. The van der Waals surface area contributed by atoms with Gasteiger partial charge in [-0.15, -0.1) is 0 Å². The predicted octanol–water partition coefficient (Wildman–Crippen LogP) is 6.40. The molecular formula is C22H20BrNO. The lowest BCUT2D eigenvalue weighted by atomic mass is 10.1. The molecule has 3 heteroatoms. The molecule has 2 nitrogen and oxygen atoms in total. The van der Waals surface area contributed by atoms with Crippen molar-refractivity contribution in [1.82, 2.24) is 0 Å². The molecule has 0 aromatic heterocycles. The van der Waals surface area contributed by atoms with Gasteiger partial charge in [-0.2, -0.15) is 0 Å². The van der Waals surface area contributed by atoms with Crippen molar-refractivity contribution in [2.24, 2.45) is 4.99 Å². The van der Waals surface area contributed by atoms with Gasteiger partial charge in [0.05, 0.1) is 5.69 Å². The van der Waals surface area contributed by atoms with Crippen LogP contribution < -0.4 is 4.74 Å². The Bertz CT molecular complexity index is 868. The number of nitrogens with zero attached hydrogens (tertiary/aromatic N) is 1. The van der Waals surface area contributed by atoms with Crippen LogP contribution in [0.3, 0.4) is 0 Å². The number of rotatable bonds is 5. The van der Waals surface area contributed by atoms with E-state index in [2.05, 4.69) is 65.1 Å². The minimum Gasteiger partial charge on any atom is -0.489 e. The summed E-state index contributed by atoms with van der Waals surface area (Å²) in [5.41, 5.74) is 5.63. The summed E-state index contributed by atoms with van der Waals surface area (Å²) in [6.07, 6.45) is 1.89. The Morgan fingerprint density at radius 3 is 2.32 bits per heavy atom. The van der Waals surface area contributed by atoms with E-state index < -0.39 is 0 Å². The SMILES string of the molecule is Cc1ccc(N=Cc2ccc(OCc3ccc(Br)cc3)cc2)c(C)c1. The van der Waals surface area contributed by atoms with Crippen LogP contribution in [0, 0.1) is 13.8 Å². The van der Waals surface area contributed by atoms with Crippen LogP contribution in [0.5, 0.6) is 5.75 Å². The topological polar surface area (TPSA) is 21.6 Å². The molecule has 25 heavy (non-hydrogen) atoms. The second kappa shape index (κ2) is 8.13. The molecule has 0 heterocycles. The average molecular weight is 394 g/mol. The molecule has 0 aliphatic carbocycles. The highest BCUT2D eigenvalue weighted by atomic mass is 79.9. The summed E-state index contributed by atoms with van der Waals surface area (Å²) in [6, 6.07) is 22.4. The fourth-order valence-corrected chi connectivity index (χ4v) is 2.76. The Balaban J connectivity index is 1.61. The van der Waals surface area contributed by atoms with Gasteiger partial charge in [0.1, 0.15) is 12.4 Å². The Morgan fingerprint density at radius 1 is 0.920 bits per heavy atom. The van der Waals surface area contributed by atoms with E-state index in [0.29, 0.717) is 6.61 Å². The van der Waals surface area contributed by atoms with Gasteiger partial charge in [-0.1, -0.05) is 45.8 Å². The molecular weight excluding hydrogens is 374 g/mol. The molecule has 0 unspecified atom stereocenters. The molecule has 0 spiro atoms. The van der Waals surface area contributed by atoms with Crippen molar-refractivity contribution >= 4 is 27.8 Å². The maximum Gasteiger partial charge on any atom is 0.119 e. The molecule has 0 saturated carbocycles. The van der Waals surface area contributed by atoms with Crippen molar-refractivity contribution < 1.29 is 4.74 Å². The number of aryl methyl sites for hydroxylation is 2. The highest BCUT2D eigenvalue weighted by Gasteiger charge is 1.98. The number of halogens is 1. The molecule has 0 bridgehead atoms. The molecule has 0 saturated heterocycles. The molecule has 0 amide bonds. The van der Waals surface area contributed by atoms with Gasteiger partial charge in [-0.25, -0.2) is 0 Å². The van der Waals surface area contributed by atoms with Gasteiger partial charge < -0.3 is 4.74 Å². The smallest absolute Gasteiger partial charge is 0.119 e. The van der Waals surface area contributed by atoms with Gasteiger partial charge >= 0.3 is 0 Å². The summed E-state index contributed by atoms with van der Waals surface area (Å²) in [5, 5.41) is 0. The second-order valence-electron chi connectivity index (χ2n) is 6.03. The van der Waals surface area contributed by atoms with Crippen LogP contribution in [0.4, 0.5) is 5.69 Å². The standard InChI is InChI=1S/C22H20BrNO/c1-16-3-12-22(17(2)13-16)24-14-18-6-10-21(11-7-18)25-15-19-4-8-20(23)9-5-19/h3-14H,15H2,1-2H3. The van der Waals surface area contributed by atoms with Gasteiger partial charge in [0.25, 0.3) is 0 Å². The van der Waals surface area contributed by atoms with Crippen molar-refractivity contribution in [1.29, 1.82) is 0 Å². The summed E-state index contributed by atoms with van der Waals surface area (Å²) in [4.78, 5) is 4.58. The summed E-state index contributed by atoms with van der Waals surface area (Å²) in [7, 11) is 0. The highest BCUT2D eigenvalue weighted by molar-refractivity contribution is 9.10. The van der Waals surface area contributed by atoms with E-state index in [-0.39, 0.29) is 0 Å². The van der Waals surface area contributed by atoms with E-state index in [1.54, 1.807) is 0 Å². The van der Waals surface area contributed by atoms with Gasteiger partial charge in [-0.05, 0) is 73.0 Å². The lowest BCUT2D eigenvalue weighted by molar-refractivity contribution is 0.306. The largest absolute Gasteiger partial charge is 0.489 e. The fourth-order valence-electron chi connectivity index (χ4n) is 2.49. The maximum absolute atomic E-state index is 5.82. The number of hydrogen-bond acceptors (Lipinski definition) is 2. The zero-order chi connectivity index (χ0) is 17.6. The van der Waals surface area contributed by atoms with Crippen molar-refractivity contribution in [2.45, 2.75) is 20.5 Å². The molecule has 3 aromatic carbocycles. The second-order valence-corrected chi connectivity index (χ2v) is 6.95. The quantitative estimate of drug-likeness (QED) is 0.459. The van der Waals surface area contributed by atoms with E-state index in [0.717, 1.165) is 27.0 Å². The zero-order valence-corrected chi connectivity index (χ0v) is 16.0. The first kappa shape index (κ1) is 17.4. The Kier molecular flexibility index (Phi) is 5.67. The summed E-state index contributed by atoms with van der Waals surface area (Å²) < 4.78 is 6.90. The molecule has 0 fully saturated rings. The predicted molar refractivity (Wildman–Crippen MR) is 108 cm³/mol. The Labute approximate surface area is 157 Å². The molecule has 0 aliphatic heterocycles. The molecule has 0 radical (unpaired) electrons. The van der Waals surface area contributed by atoms with Crippen LogP contribution in [0.1, 0.15) is 22.3 Å². The first-order valence-corrected chi connectivity index (χ1v) is 8.98. The van der Waals surface area contributed by atoms with Crippen LogP contribution in [0.15, 0.2) is 76.2 Å². The monoisotopic (exact) mass is 393 g/mol. The number of aliphatic imine (C=N–C) groups is 1. The molecule has 126 valence electrons. The first-order chi connectivity index (χ1) is 12.1. The summed E-state index contributed by atoms with van der Waals surface area (Å²) in [6.45, 7) is 4.73. The third-order valence-electron chi connectivity index (χ3n) is 3.90. The lowest BCUT2D eigenvalue weighted by Gasteiger charge is -2.06. The Morgan fingerprint density at radius 2 is 1.64 bits per heavy atom. The summed E-state index contributed by atoms with van der Waals surface area (Å²) >= 11 is 3.44. The third kappa shape index (κ3) is 5.04. The van der Waals surface area contributed by atoms with Crippen LogP contribution in [0.2, 0.25) is 0 Å². The minimum absolute atomic E-state index is 0.559. The average Bonchev–Trinajstić information content (AvgIpc) is 2.61. The van der Waals surface area contributed by atoms with Gasteiger partial charge in [0.15, 0.2) is 0 Å². The fraction of sp³-hybridized carbons (Fsp3) is 0.136. The van der Waals surface area contributed by atoms with Crippen LogP contribution in [0.25, 0.3) is 0 Å². The van der Waals surface area contributed by atoms with E-state index in [1.165, 1.54) is 11.1 Å². The molecule has 3 rings (SSSR count). The molecule has 3 aromatic rings. The van der Waals surface area contributed by atoms with Crippen molar-refractivity contribution in [3.05, 3.63) is 93.5 Å².